The van der Waals surface area contributed by atoms with Crippen molar-refractivity contribution in [3.63, 3.8) is 0 Å². The zero-order valence-corrected chi connectivity index (χ0v) is 11.0. The van der Waals surface area contributed by atoms with Crippen molar-refractivity contribution in [2.24, 2.45) is 5.73 Å². The first-order valence-electron chi connectivity index (χ1n) is 6.54. The minimum Gasteiger partial charge on any atom is -0.339 e. The third-order valence-corrected chi connectivity index (χ3v) is 4.42. The maximum absolute atomic E-state index is 5.45. The van der Waals surface area contributed by atoms with Gasteiger partial charge in [0.05, 0.1) is 5.25 Å². The predicted octanol–water partition coefficient (Wildman–Crippen LogP) is 2.70. The Labute approximate surface area is 107 Å². The van der Waals surface area contributed by atoms with E-state index in [4.69, 9.17) is 10.3 Å². The Hall–Kier alpha value is -0.550. The average Bonchev–Trinajstić information content (AvgIpc) is 2.99. The summed E-state index contributed by atoms with van der Waals surface area (Å²) >= 11 is 1.94. The first kappa shape index (κ1) is 12.9. The van der Waals surface area contributed by atoms with Crippen LogP contribution in [0.25, 0.3) is 0 Å². The van der Waals surface area contributed by atoms with Gasteiger partial charge in [-0.25, -0.2) is 0 Å². The fourth-order valence-corrected chi connectivity index (χ4v) is 3.25. The van der Waals surface area contributed by atoms with E-state index in [1.165, 1.54) is 31.4 Å². The van der Waals surface area contributed by atoms with E-state index in [2.05, 4.69) is 10.1 Å². The molecule has 1 saturated heterocycles. The van der Waals surface area contributed by atoms with Crippen LogP contribution in [0.2, 0.25) is 0 Å². The predicted molar refractivity (Wildman–Crippen MR) is 70.0 cm³/mol. The van der Waals surface area contributed by atoms with Crippen LogP contribution in [0.3, 0.4) is 0 Å². The number of aromatic nitrogens is 2. The Bertz CT molecular complexity index is 323. The Morgan fingerprint density at radius 2 is 2.18 bits per heavy atom. The van der Waals surface area contributed by atoms with Crippen LogP contribution in [-0.2, 0) is 6.42 Å². The largest absolute Gasteiger partial charge is 0.339 e. The summed E-state index contributed by atoms with van der Waals surface area (Å²) in [7, 11) is 0. The van der Waals surface area contributed by atoms with E-state index in [1.54, 1.807) is 0 Å². The average molecular weight is 255 g/mol. The molecule has 0 aliphatic carbocycles. The minimum atomic E-state index is 0.477. The van der Waals surface area contributed by atoms with E-state index in [-0.39, 0.29) is 0 Å². The molecular formula is C12H21N3OS. The molecule has 0 radical (unpaired) electrons. The molecule has 1 aromatic rings. The topological polar surface area (TPSA) is 64.9 Å². The second-order valence-corrected chi connectivity index (χ2v) is 5.81. The van der Waals surface area contributed by atoms with Crippen molar-refractivity contribution in [3.05, 3.63) is 11.7 Å². The zero-order chi connectivity index (χ0) is 11.9. The van der Waals surface area contributed by atoms with Gasteiger partial charge in [-0.05, 0) is 38.0 Å². The van der Waals surface area contributed by atoms with Crippen molar-refractivity contribution in [1.29, 1.82) is 0 Å². The highest BCUT2D eigenvalue weighted by Crippen LogP contribution is 2.38. The van der Waals surface area contributed by atoms with Crippen LogP contribution in [0.1, 0.15) is 55.5 Å². The van der Waals surface area contributed by atoms with Crippen LogP contribution in [0, 0.1) is 0 Å². The normalized spacial score (nSPS) is 19.9. The summed E-state index contributed by atoms with van der Waals surface area (Å²) in [5, 5.41) is 4.56. The van der Waals surface area contributed by atoms with E-state index in [9.17, 15) is 0 Å². The van der Waals surface area contributed by atoms with E-state index in [1.807, 2.05) is 11.8 Å². The van der Waals surface area contributed by atoms with Crippen molar-refractivity contribution >= 4 is 11.8 Å². The van der Waals surface area contributed by atoms with E-state index < -0.39 is 0 Å². The second-order valence-electron chi connectivity index (χ2n) is 4.50. The molecule has 0 bridgehead atoms. The molecule has 0 amide bonds. The number of hydrogen-bond donors (Lipinski definition) is 1. The summed E-state index contributed by atoms with van der Waals surface area (Å²) in [5.41, 5.74) is 5.45. The van der Waals surface area contributed by atoms with Gasteiger partial charge in [0.2, 0.25) is 5.89 Å². The Kier molecular flexibility index (Phi) is 5.32. The molecule has 1 atom stereocenters. The number of hydrogen-bond acceptors (Lipinski definition) is 5. The van der Waals surface area contributed by atoms with Gasteiger partial charge in [-0.3, -0.25) is 0 Å². The van der Waals surface area contributed by atoms with Crippen LogP contribution < -0.4 is 5.73 Å². The third-order valence-electron chi connectivity index (χ3n) is 3.05. The highest BCUT2D eigenvalue weighted by atomic mass is 32.2. The first-order valence-corrected chi connectivity index (χ1v) is 7.59. The van der Waals surface area contributed by atoms with Crippen LogP contribution in [0.15, 0.2) is 4.52 Å². The van der Waals surface area contributed by atoms with Crippen molar-refractivity contribution < 1.29 is 4.52 Å². The Morgan fingerprint density at radius 1 is 1.29 bits per heavy atom. The van der Waals surface area contributed by atoms with Crippen LogP contribution in [-0.4, -0.2) is 22.4 Å². The lowest BCUT2D eigenvalue weighted by Crippen LogP contribution is -1.98. The quantitative estimate of drug-likeness (QED) is 0.759. The van der Waals surface area contributed by atoms with Crippen LogP contribution in [0.4, 0.5) is 0 Å². The fraction of sp³-hybridized carbons (Fsp3) is 0.833. The molecule has 5 heteroatoms. The first-order chi connectivity index (χ1) is 8.40. The molecule has 1 fully saturated rings. The molecule has 0 spiro atoms. The molecule has 2 heterocycles. The lowest BCUT2D eigenvalue weighted by molar-refractivity contribution is 0.368. The summed E-state index contributed by atoms with van der Waals surface area (Å²) < 4.78 is 5.28. The number of aryl methyl sites for hydroxylation is 1. The Balaban J connectivity index is 1.70. The molecule has 2 rings (SSSR count). The molecule has 2 N–H and O–H groups in total. The number of rotatable bonds is 7. The molecule has 1 aliphatic rings. The molecule has 1 aromatic heterocycles. The van der Waals surface area contributed by atoms with Gasteiger partial charge in [-0.1, -0.05) is 18.0 Å². The van der Waals surface area contributed by atoms with E-state index >= 15 is 0 Å². The monoisotopic (exact) mass is 255 g/mol. The van der Waals surface area contributed by atoms with Crippen LogP contribution in [0.5, 0.6) is 0 Å². The zero-order valence-electron chi connectivity index (χ0n) is 10.2. The standard InChI is InChI=1S/C12H21N3OS/c13-8-4-2-1-3-7-11-14-12(15-16-11)10-6-5-9-17-10/h10H,1-9,13H2. The molecule has 0 saturated carbocycles. The maximum Gasteiger partial charge on any atom is 0.226 e. The van der Waals surface area contributed by atoms with Crippen molar-refractivity contribution in [3.8, 4) is 0 Å². The van der Waals surface area contributed by atoms with Crippen molar-refractivity contribution in [1.82, 2.24) is 10.1 Å². The van der Waals surface area contributed by atoms with Gasteiger partial charge in [0.15, 0.2) is 5.82 Å². The molecule has 1 unspecified atom stereocenters. The smallest absolute Gasteiger partial charge is 0.226 e. The highest BCUT2D eigenvalue weighted by molar-refractivity contribution is 7.99. The molecular weight excluding hydrogens is 234 g/mol. The molecule has 1 aliphatic heterocycles. The molecule has 4 nitrogen and oxygen atoms in total. The number of thioether (sulfide) groups is 1. The third kappa shape index (κ3) is 4.00. The number of nitrogens with zero attached hydrogens (tertiary/aromatic N) is 2. The van der Waals surface area contributed by atoms with Crippen LogP contribution >= 0.6 is 11.8 Å². The van der Waals surface area contributed by atoms with Gasteiger partial charge in [0.1, 0.15) is 0 Å². The van der Waals surface area contributed by atoms with Gasteiger partial charge in [0.25, 0.3) is 0 Å². The fourth-order valence-electron chi connectivity index (χ4n) is 2.06. The lowest BCUT2D eigenvalue weighted by Gasteiger charge is -1.99. The summed E-state index contributed by atoms with van der Waals surface area (Å²) in [5.74, 6) is 2.94. The van der Waals surface area contributed by atoms with Gasteiger partial charge < -0.3 is 10.3 Å². The van der Waals surface area contributed by atoms with E-state index in [0.29, 0.717) is 5.25 Å². The molecule has 96 valence electrons. The van der Waals surface area contributed by atoms with Crippen molar-refractivity contribution in [2.75, 3.05) is 12.3 Å². The maximum atomic E-state index is 5.45. The minimum absolute atomic E-state index is 0.477. The Morgan fingerprint density at radius 3 is 2.94 bits per heavy atom. The van der Waals surface area contributed by atoms with Gasteiger partial charge in [0, 0.05) is 6.42 Å². The van der Waals surface area contributed by atoms with Gasteiger partial charge >= 0.3 is 0 Å². The molecule has 17 heavy (non-hydrogen) atoms. The van der Waals surface area contributed by atoms with Gasteiger partial charge in [-0.2, -0.15) is 16.7 Å². The summed E-state index contributed by atoms with van der Waals surface area (Å²) in [6.45, 7) is 0.795. The lowest BCUT2D eigenvalue weighted by atomic mass is 10.1. The SMILES string of the molecule is NCCCCCCc1nc(C2CCCS2)no1. The number of unbranched alkanes of at least 4 members (excludes halogenated alkanes) is 3. The van der Waals surface area contributed by atoms with Crippen molar-refractivity contribution in [2.45, 2.75) is 50.2 Å². The van der Waals surface area contributed by atoms with E-state index in [0.717, 1.165) is 37.5 Å². The highest BCUT2D eigenvalue weighted by Gasteiger charge is 2.22. The summed E-state index contributed by atoms with van der Waals surface area (Å²) in [6.07, 6.45) is 8.03. The molecule has 0 aromatic carbocycles. The number of nitrogens with two attached hydrogens (primary N) is 1. The summed E-state index contributed by atoms with van der Waals surface area (Å²) in [6, 6.07) is 0. The summed E-state index contributed by atoms with van der Waals surface area (Å²) in [4.78, 5) is 4.49. The van der Waals surface area contributed by atoms with Gasteiger partial charge in [-0.15, -0.1) is 0 Å². The second kappa shape index (κ2) is 7.01.